The van der Waals surface area contributed by atoms with Crippen LogP contribution in [0.1, 0.15) is 10.6 Å². The fourth-order valence-corrected chi connectivity index (χ4v) is 3.42. The Morgan fingerprint density at radius 2 is 1.73 bits per heavy atom. The van der Waals surface area contributed by atoms with Crippen molar-refractivity contribution < 1.29 is 9.21 Å². The van der Waals surface area contributed by atoms with Crippen molar-refractivity contribution in [3.05, 3.63) is 75.8 Å². The average molecular weight is 369 g/mol. The Hall–Kier alpha value is -2.79. The molecule has 0 aliphatic carbocycles. The summed E-state index contributed by atoms with van der Waals surface area (Å²) in [4.78, 5) is 28.7. The van der Waals surface area contributed by atoms with Gasteiger partial charge in [-0.05, 0) is 35.7 Å². The number of amides is 1. The molecule has 0 unspecified atom stereocenters. The maximum atomic E-state index is 12.7. The first-order valence-electron chi connectivity index (χ1n) is 8.44. The lowest BCUT2D eigenvalue weighted by Gasteiger charge is -2.35. The monoisotopic (exact) mass is 368 g/mol. The number of halogens is 1. The van der Waals surface area contributed by atoms with Crippen LogP contribution in [0, 0.1) is 0 Å². The molecule has 3 aromatic rings. The van der Waals surface area contributed by atoms with Crippen LogP contribution >= 0.6 is 11.6 Å². The molecule has 1 saturated heterocycles. The van der Waals surface area contributed by atoms with E-state index in [4.69, 9.17) is 16.0 Å². The van der Waals surface area contributed by atoms with Crippen LogP contribution in [0.4, 0.5) is 5.69 Å². The predicted octanol–water partition coefficient (Wildman–Crippen LogP) is 3.41. The van der Waals surface area contributed by atoms with Gasteiger partial charge in [-0.25, -0.2) is 4.79 Å². The third-order valence-electron chi connectivity index (χ3n) is 4.62. The SMILES string of the molecule is O=C(c1cc2ccccc2c(=O)o1)N1CCN(c2cccc(Cl)c2)CC1. The van der Waals surface area contributed by atoms with Crippen molar-refractivity contribution in [1.82, 2.24) is 4.90 Å². The van der Waals surface area contributed by atoms with Gasteiger partial charge in [-0.3, -0.25) is 4.79 Å². The Balaban J connectivity index is 1.51. The van der Waals surface area contributed by atoms with E-state index >= 15 is 0 Å². The highest BCUT2D eigenvalue weighted by atomic mass is 35.5. The van der Waals surface area contributed by atoms with Gasteiger partial charge in [0.2, 0.25) is 0 Å². The number of rotatable bonds is 2. The quantitative estimate of drug-likeness (QED) is 0.695. The van der Waals surface area contributed by atoms with Gasteiger partial charge in [0.1, 0.15) is 0 Å². The van der Waals surface area contributed by atoms with Crippen LogP contribution in [0.2, 0.25) is 5.02 Å². The van der Waals surface area contributed by atoms with Crippen LogP contribution in [0.5, 0.6) is 0 Å². The fraction of sp³-hybridized carbons (Fsp3) is 0.200. The standard InChI is InChI=1S/C20H17ClN2O3/c21-15-5-3-6-16(13-15)22-8-10-23(11-9-22)19(24)18-12-14-4-1-2-7-17(14)20(25)26-18/h1-7,12-13H,8-11H2. The minimum atomic E-state index is -0.482. The molecule has 5 nitrogen and oxygen atoms in total. The van der Waals surface area contributed by atoms with E-state index in [-0.39, 0.29) is 11.7 Å². The first-order valence-corrected chi connectivity index (χ1v) is 8.82. The van der Waals surface area contributed by atoms with Crippen LogP contribution in [0.3, 0.4) is 0 Å². The smallest absolute Gasteiger partial charge is 0.344 e. The molecule has 1 aliphatic rings. The van der Waals surface area contributed by atoms with Crippen molar-refractivity contribution in [3.63, 3.8) is 0 Å². The van der Waals surface area contributed by atoms with Crippen molar-refractivity contribution in [1.29, 1.82) is 0 Å². The zero-order valence-electron chi connectivity index (χ0n) is 14.0. The summed E-state index contributed by atoms with van der Waals surface area (Å²) in [7, 11) is 0. The zero-order chi connectivity index (χ0) is 18.1. The van der Waals surface area contributed by atoms with E-state index in [1.165, 1.54) is 0 Å². The van der Waals surface area contributed by atoms with Crippen molar-refractivity contribution >= 4 is 34.0 Å². The van der Waals surface area contributed by atoms with E-state index in [9.17, 15) is 9.59 Å². The summed E-state index contributed by atoms with van der Waals surface area (Å²) in [6.07, 6.45) is 0. The molecule has 26 heavy (non-hydrogen) atoms. The van der Waals surface area contributed by atoms with Gasteiger partial charge in [-0.15, -0.1) is 0 Å². The van der Waals surface area contributed by atoms with E-state index in [0.29, 0.717) is 42.0 Å². The number of fused-ring (bicyclic) bond motifs is 1. The summed E-state index contributed by atoms with van der Waals surface area (Å²) < 4.78 is 5.25. The van der Waals surface area contributed by atoms with E-state index in [1.54, 1.807) is 29.2 Å². The van der Waals surface area contributed by atoms with Gasteiger partial charge in [0.05, 0.1) is 5.39 Å². The van der Waals surface area contributed by atoms with E-state index < -0.39 is 5.63 Å². The van der Waals surface area contributed by atoms with Crippen molar-refractivity contribution in [2.45, 2.75) is 0 Å². The van der Waals surface area contributed by atoms with Gasteiger partial charge in [0, 0.05) is 36.9 Å². The molecule has 1 aromatic heterocycles. The maximum Gasteiger partial charge on any atom is 0.344 e. The lowest BCUT2D eigenvalue weighted by Crippen LogP contribution is -2.48. The number of benzene rings is 2. The second-order valence-corrected chi connectivity index (χ2v) is 6.68. The van der Waals surface area contributed by atoms with Gasteiger partial charge in [0.25, 0.3) is 5.91 Å². The summed E-state index contributed by atoms with van der Waals surface area (Å²) in [5, 5.41) is 1.89. The highest BCUT2D eigenvalue weighted by Crippen LogP contribution is 2.21. The van der Waals surface area contributed by atoms with Gasteiger partial charge in [-0.2, -0.15) is 0 Å². The number of carbonyl (C=O) groups is 1. The van der Waals surface area contributed by atoms with Gasteiger partial charge < -0.3 is 14.2 Å². The Morgan fingerprint density at radius 1 is 0.962 bits per heavy atom. The summed E-state index contributed by atoms with van der Waals surface area (Å²) in [6.45, 7) is 2.51. The molecule has 1 fully saturated rings. The van der Waals surface area contributed by atoms with Crippen LogP contribution in [0.15, 0.2) is 63.8 Å². The second-order valence-electron chi connectivity index (χ2n) is 6.24. The van der Waals surface area contributed by atoms with Crippen LogP contribution in [-0.2, 0) is 0 Å². The molecule has 0 bridgehead atoms. The molecule has 6 heteroatoms. The molecule has 1 amide bonds. The number of nitrogens with zero attached hydrogens (tertiary/aromatic N) is 2. The molecule has 2 heterocycles. The average Bonchev–Trinajstić information content (AvgIpc) is 2.67. The minimum Gasteiger partial charge on any atom is -0.417 e. The van der Waals surface area contributed by atoms with Crippen LogP contribution in [0.25, 0.3) is 10.8 Å². The first-order chi connectivity index (χ1) is 12.6. The minimum absolute atomic E-state index is 0.0879. The summed E-state index contributed by atoms with van der Waals surface area (Å²) in [5.41, 5.74) is 0.561. The molecule has 2 aromatic carbocycles. The first kappa shape index (κ1) is 16.7. The molecule has 0 radical (unpaired) electrons. The maximum absolute atomic E-state index is 12.7. The van der Waals surface area contributed by atoms with E-state index in [0.717, 1.165) is 5.69 Å². The van der Waals surface area contributed by atoms with Crippen molar-refractivity contribution in [3.8, 4) is 0 Å². The molecular weight excluding hydrogens is 352 g/mol. The van der Waals surface area contributed by atoms with Gasteiger partial charge >= 0.3 is 5.63 Å². The van der Waals surface area contributed by atoms with Gasteiger partial charge in [-0.1, -0.05) is 35.9 Å². The summed E-state index contributed by atoms with van der Waals surface area (Å²) in [5.74, 6) is -0.163. The topological polar surface area (TPSA) is 53.8 Å². The van der Waals surface area contributed by atoms with E-state index in [2.05, 4.69) is 4.90 Å². The van der Waals surface area contributed by atoms with Gasteiger partial charge in [0.15, 0.2) is 5.76 Å². The lowest BCUT2D eigenvalue weighted by atomic mass is 10.1. The molecule has 0 saturated carbocycles. The second kappa shape index (κ2) is 6.84. The Labute approximate surface area is 155 Å². The summed E-state index contributed by atoms with van der Waals surface area (Å²) >= 11 is 6.05. The third kappa shape index (κ3) is 3.18. The third-order valence-corrected chi connectivity index (χ3v) is 4.86. The fourth-order valence-electron chi connectivity index (χ4n) is 3.24. The molecule has 1 aliphatic heterocycles. The molecule has 0 atom stereocenters. The van der Waals surface area contributed by atoms with E-state index in [1.807, 2.05) is 30.3 Å². The Bertz CT molecular complexity index is 1020. The van der Waals surface area contributed by atoms with Crippen molar-refractivity contribution in [2.75, 3.05) is 31.1 Å². The zero-order valence-corrected chi connectivity index (χ0v) is 14.8. The lowest BCUT2D eigenvalue weighted by molar-refractivity contribution is 0.0710. The number of anilines is 1. The summed E-state index contributed by atoms with van der Waals surface area (Å²) in [6, 6.07) is 16.4. The molecule has 0 spiro atoms. The number of carbonyl (C=O) groups excluding carboxylic acids is 1. The highest BCUT2D eigenvalue weighted by Gasteiger charge is 2.24. The Kier molecular flexibility index (Phi) is 4.39. The number of hydrogen-bond acceptors (Lipinski definition) is 4. The molecule has 0 N–H and O–H groups in total. The molecule has 132 valence electrons. The van der Waals surface area contributed by atoms with Crippen LogP contribution in [-0.4, -0.2) is 37.0 Å². The largest absolute Gasteiger partial charge is 0.417 e. The highest BCUT2D eigenvalue weighted by molar-refractivity contribution is 6.30. The molecule has 4 rings (SSSR count). The van der Waals surface area contributed by atoms with Crippen molar-refractivity contribution in [2.24, 2.45) is 0 Å². The number of piperazine rings is 1. The van der Waals surface area contributed by atoms with Crippen LogP contribution < -0.4 is 10.5 Å². The number of hydrogen-bond donors (Lipinski definition) is 0. The predicted molar refractivity (Wildman–Crippen MR) is 102 cm³/mol. The normalized spacial score (nSPS) is 14.7. The molecular formula is C20H17ClN2O3. The Morgan fingerprint density at radius 3 is 2.50 bits per heavy atom.